The van der Waals surface area contributed by atoms with Gasteiger partial charge in [-0.3, -0.25) is 0 Å². The number of hydrogen-bond donors (Lipinski definition) is 2. The third-order valence-electron chi connectivity index (χ3n) is 3.99. The Morgan fingerprint density at radius 2 is 2.48 bits per heavy atom. The molecule has 0 aliphatic carbocycles. The molecule has 126 valence electrons. The van der Waals surface area contributed by atoms with Crippen LogP contribution in [-0.2, 0) is 30.7 Å². The van der Waals surface area contributed by atoms with Gasteiger partial charge in [0.05, 0.1) is 25.9 Å². The molecule has 2 N–H and O–H groups in total. The smallest absolute Gasteiger partial charge is 0.150 e. The summed E-state index contributed by atoms with van der Waals surface area (Å²) in [5.74, 6) is 2.00. The van der Waals surface area contributed by atoms with E-state index in [0.717, 1.165) is 37.5 Å². The molecule has 1 aliphatic heterocycles. The van der Waals surface area contributed by atoms with Gasteiger partial charge in [0.15, 0.2) is 5.82 Å². The lowest BCUT2D eigenvalue weighted by molar-refractivity contribution is 0.0279. The number of rotatable bonds is 8. The SMILES string of the molecule is CCc1nc2n(n1)C[C@@H](NC[C@@H](O)COCc1cccs1)CC2. The molecule has 2 aromatic rings. The van der Waals surface area contributed by atoms with E-state index < -0.39 is 6.10 Å². The molecule has 0 fully saturated rings. The molecule has 0 spiro atoms. The van der Waals surface area contributed by atoms with Crippen molar-refractivity contribution in [2.24, 2.45) is 0 Å². The monoisotopic (exact) mass is 336 g/mol. The second kappa shape index (κ2) is 8.01. The fourth-order valence-electron chi connectivity index (χ4n) is 2.73. The molecule has 0 aromatic carbocycles. The number of ether oxygens (including phenoxy) is 1. The Morgan fingerprint density at radius 3 is 3.26 bits per heavy atom. The van der Waals surface area contributed by atoms with Gasteiger partial charge in [0, 0.05) is 30.3 Å². The molecule has 0 unspecified atom stereocenters. The van der Waals surface area contributed by atoms with E-state index in [1.807, 2.05) is 22.2 Å². The highest BCUT2D eigenvalue weighted by molar-refractivity contribution is 7.09. The molecule has 3 rings (SSSR count). The average molecular weight is 336 g/mol. The van der Waals surface area contributed by atoms with E-state index in [0.29, 0.717) is 25.8 Å². The van der Waals surface area contributed by atoms with Crippen LogP contribution < -0.4 is 5.32 Å². The molecule has 0 bridgehead atoms. The van der Waals surface area contributed by atoms with Gasteiger partial charge in [-0.2, -0.15) is 5.10 Å². The topological polar surface area (TPSA) is 72.2 Å². The standard InChI is InChI=1S/C16H24N4O2S/c1-2-15-18-16-6-5-12(9-20(16)19-15)17-8-13(21)10-22-11-14-4-3-7-23-14/h3-4,7,12-13,17,21H,2,5-6,8-11H2,1H3/t12-,13+/m0/s1. The molecule has 0 amide bonds. The summed E-state index contributed by atoms with van der Waals surface area (Å²) in [6.07, 6.45) is 2.36. The first kappa shape index (κ1) is 16.6. The van der Waals surface area contributed by atoms with Crippen LogP contribution in [0.5, 0.6) is 0 Å². The number of nitrogens with zero attached hydrogens (tertiary/aromatic N) is 3. The Morgan fingerprint density at radius 1 is 1.57 bits per heavy atom. The number of aromatic nitrogens is 3. The maximum Gasteiger partial charge on any atom is 0.150 e. The van der Waals surface area contributed by atoms with Crippen molar-refractivity contribution in [2.45, 2.75) is 51.5 Å². The lowest BCUT2D eigenvalue weighted by Crippen LogP contribution is -2.42. The van der Waals surface area contributed by atoms with E-state index in [-0.39, 0.29) is 0 Å². The molecular formula is C16H24N4O2S. The highest BCUT2D eigenvalue weighted by Crippen LogP contribution is 2.13. The summed E-state index contributed by atoms with van der Waals surface area (Å²) in [6.45, 7) is 4.36. The molecule has 2 atom stereocenters. The van der Waals surface area contributed by atoms with Crippen LogP contribution in [0.3, 0.4) is 0 Å². The minimum atomic E-state index is -0.488. The molecule has 1 aliphatic rings. The van der Waals surface area contributed by atoms with Crippen LogP contribution in [0, 0.1) is 0 Å². The minimum absolute atomic E-state index is 0.334. The highest BCUT2D eigenvalue weighted by atomic mass is 32.1. The fraction of sp³-hybridized carbons (Fsp3) is 0.625. The lowest BCUT2D eigenvalue weighted by atomic mass is 10.1. The summed E-state index contributed by atoms with van der Waals surface area (Å²) < 4.78 is 7.55. The lowest BCUT2D eigenvalue weighted by Gasteiger charge is -2.24. The van der Waals surface area contributed by atoms with Crippen molar-refractivity contribution in [2.75, 3.05) is 13.2 Å². The number of aryl methyl sites for hydroxylation is 2. The first-order valence-corrected chi connectivity index (χ1v) is 9.06. The van der Waals surface area contributed by atoms with Gasteiger partial charge < -0.3 is 15.2 Å². The Balaban J connectivity index is 1.37. The maximum atomic E-state index is 10.0. The van der Waals surface area contributed by atoms with E-state index in [2.05, 4.69) is 22.3 Å². The van der Waals surface area contributed by atoms with Gasteiger partial charge in [0.2, 0.25) is 0 Å². The van der Waals surface area contributed by atoms with Crippen LogP contribution in [0.25, 0.3) is 0 Å². The third kappa shape index (κ3) is 4.60. The number of thiophene rings is 1. The predicted molar refractivity (Wildman–Crippen MR) is 89.5 cm³/mol. The summed E-state index contributed by atoms with van der Waals surface area (Å²) in [5.41, 5.74) is 0. The van der Waals surface area contributed by atoms with Gasteiger partial charge in [-0.15, -0.1) is 11.3 Å². The van der Waals surface area contributed by atoms with Crippen molar-refractivity contribution in [3.8, 4) is 0 Å². The van der Waals surface area contributed by atoms with E-state index in [1.165, 1.54) is 4.88 Å². The second-order valence-corrected chi connectivity index (χ2v) is 6.90. The Bertz CT molecular complexity index is 599. The Hall–Kier alpha value is -1.28. The second-order valence-electron chi connectivity index (χ2n) is 5.87. The van der Waals surface area contributed by atoms with Crippen LogP contribution in [0.4, 0.5) is 0 Å². The van der Waals surface area contributed by atoms with Crippen molar-refractivity contribution in [1.29, 1.82) is 0 Å². The summed E-state index contributed by atoms with van der Waals surface area (Å²) in [6, 6.07) is 4.38. The fourth-order valence-corrected chi connectivity index (χ4v) is 3.37. The Labute approximate surface area is 140 Å². The van der Waals surface area contributed by atoms with Crippen LogP contribution >= 0.6 is 11.3 Å². The zero-order valence-corrected chi connectivity index (χ0v) is 14.3. The number of aliphatic hydroxyl groups is 1. The quantitative estimate of drug-likeness (QED) is 0.762. The largest absolute Gasteiger partial charge is 0.389 e. The summed E-state index contributed by atoms with van der Waals surface area (Å²) in [7, 11) is 0. The normalized spacial score (nSPS) is 18.8. The summed E-state index contributed by atoms with van der Waals surface area (Å²) in [5, 5.41) is 20.0. The van der Waals surface area contributed by atoms with E-state index in [9.17, 15) is 5.11 Å². The molecular weight excluding hydrogens is 312 g/mol. The zero-order chi connectivity index (χ0) is 16.1. The summed E-state index contributed by atoms with van der Waals surface area (Å²) >= 11 is 1.67. The molecule has 0 radical (unpaired) electrons. The molecule has 2 aromatic heterocycles. The Kier molecular flexibility index (Phi) is 5.77. The van der Waals surface area contributed by atoms with Gasteiger partial charge >= 0.3 is 0 Å². The van der Waals surface area contributed by atoms with E-state index in [1.54, 1.807) is 11.3 Å². The first-order valence-electron chi connectivity index (χ1n) is 8.18. The van der Waals surface area contributed by atoms with Crippen LogP contribution in [0.2, 0.25) is 0 Å². The minimum Gasteiger partial charge on any atom is -0.389 e. The first-order chi connectivity index (χ1) is 11.2. The maximum absolute atomic E-state index is 10.0. The number of nitrogens with one attached hydrogen (secondary N) is 1. The average Bonchev–Trinajstić information content (AvgIpc) is 3.21. The van der Waals surface area contributed by atoms with E-state index >= 15 is 0 Å². The van der Waals surface area contributed by atoms with Crippen molar-refractivity contribution >= 4 is 11.3 Å². The van der Waals surface area contributed by atoms with Gasteiger partial charge in [0.25, 0.3) is 0 Å². The molecule has 23 heavy (non-hydrogen) atoms. The third-order valence-corrected chi connectivity index (χ3v) is 4.84. The molecule has 6 nitrogen and oxygen atoms in total. The highest BCUT2D eigenvalue weighted by Gasteiger charge is 2.21. The molecule has 7 heteroatoms. The van der Waals surface area contributed by atoms with Crippen LogP contribution in [-0.4, -0.2) is 45.2 Å². The van der Waals surface area contributed by atoms with Crippen LogP contribution in [0.1, 0.15) is 29.9 Å². The molecule has 0 saturated heterocycles. The molecule has 3 heterocycles. The predicted octanol–water partition coefficient (Wildman–Crippen LogP) is 1.38. The van der Waals surface area contributed by atoms with Crippen molar-refractivity contribution in [3.63, 3.8) is 0 Å². The number of aliphatic hydroxyl groups excluding tert-OH is 1. The summed E-state index contributed by atoms with van der Waals surface area (Å²) in [4.78, 5) is 5.70. The van der Waals surface area contributed by atoms with Crippen molar-refractivity contribution in [3.05, 3.63) is 34.0 Å². The van der Waals surface area contributed by atoms with Gasteiger partial charge in [-0.05, 0) is 17.9 Å². The van der Waals surface area contributed by atoms with Crippen molar-refractivity contribution < 1.29 is 9.84 Å². The van der Waals surface area contributed by atoms with E-state index in [4.69, 9.17) is 4.74 Å². The van der Waals surface area contributed by atoms with Gasteiger partial charge in [0.1, 0.15) is 5.82 Å². The van der Waals surface area contributed by atoms with Gasteiger partial charge in [-0.1, -0.05) is 13.0 Å². The van der Waals surface area contributed by atoms with Crippen molar-refractivity contribution in [1.82, 2.24) is 20.1 Å². The van der Waals surface area contributed by atoms with Crippen LogP contribution in [0.15, 0.2) is 17.5 Å². The molecule has 0 saturated carbocycles. The zero-order valence-electron chi connectivity index (χ0n) is 13.4. The van der Waals surface area contributed by atoms with Gasteiger partial charge in [-0.25, -0.2) is 9.67 Å². The number of fused-ring (bicyclic) bond motifs is 1. The number of hydrogen-bond acceptors (Lipinski definition) is 6.